The zero-order valence-corrected chi connectivity index (χ0v) is 11.2. The lowest BCUT2D eigenvalue weighted by Crippen LogP contribution is -2.05. The molecule has 0 spiro atoms. The third-order valence-electron chi connectivity index (χ3n) is 2.43. The van der Waals surface area contributed by atoms with E-state index in [2.05, 4.69) is 10.3 Å². The summed E-state index contributed by atoms with van der Waals surface area (Å²) >= 11 is 1.32. The molecule has 6 heteroatoms. The normalized spacial score (nSPS) is 10.2. The Morgan fingerprint density at radius 1 is 1.37 bits per heavy atom. The van der Waals surface area contributed by atoms with Gasteiger partial charge < -0.3 is 10.4 Å². The minimum absolute atomic E-state index is 0.0740. The minimum Gasteiger partial charge on any atom is -0.476 e. The Morgan fingerprint density at radius 2 is 2.11 bits per heavy atom. The van der Waals surface area contributed by atoms with Crippen LogP contribution in [0.15, 0.2) is 24.3 Å². The SMILES string of the molecule is CC(=O)Nc1cccc(-c2nc(C(=O)O)c(C)s2)c1. The highest BCUT2D eigenvalue weighted by atomic mass is 32.1. The quantitative estimate of drug-likeness (QED) is 0.903. The van der Waals surface area contributed by atoms with Crippen LogP contribution in [0.5, 0.6) is 0 Å². The molecular formula is C13H12N2O3S. The molecule has 98 valence electrons. The van der Waals surface area contributed by atoms with Gasteiger partial charge in [-0.1, -0.05) is 12.1 Å². The number of hydrogen-bond acceptors (Lipinski definition) is 4. The first-order valence-corrected chi connectivity index (χ1v) is 6.38. The maximum absolute atomic E-state index is 11.0. The van der Waals surface area contributed by atoms with Crippen molar-refractivity contribution in [2.45, 2.75) is 13.8 Å². The van der Waals surface area contributed by atoms with E-state index in [1.807, 2.05) is 6.07 Å². The van der Waals surface area contributed by atoms with Crippen molar-refractivity contribution in [3.05, 3.63) is 34.8 Å². The lowest BCUT2D eigenvalue weighted by molar-refractivity contribution is -0.114. The molecule has 2 N–H and O–H groups in total. The highest BCUT2D eigenvalue weighted by Gasteiger charge is 2.15. The second-order valence-corrected chi connectivity index (χ2v) is 5.19. The summed E-state index contributed by atoms with van der Waals surface area (Å²) < 4.78 is 0. The molecule has 0 saturated carbocycles. The van der Waals surface area contributed by atoms with Crippen molar-refractivity contribution in [3.63, 3.8) is 0 Å². The Balaban J connectivity index is 2.39. The van der Waals surface area contributed by atoms with Gasteiger partial charge in [0.1, 0.15) is 5.01 Å². The molecule has 2 aromatic rings. The number of carbonyl (C=O) groups is 2. The molecule has 0 aliphatic carbocycles. The summed E-state index contributed by atoms with van der Waals surface area (Å²) in [6.45, 7) is 3.16. The van der Waals surface area contributed by atoms with Crippen molar-refractivity contribution in [1.82, 2.24) is 4.98 Å². The Labute approximate surface area is 113 Å². The number of thiazole rings is 1. The second kappa shape index (κ2) is 5.19. The summed E-state index contributed by atoms with van der Waals surface area (Å²) in [6, 6.07) is 7.15. The Bertz CT molecular complexity index is 649. The molecule has 0 fully saturated rings. The van der Waals surface area contributed by atoms with Crippen molar-refractivity contribution in [3.8, 4) is 10.6 Å². The van der Waals surface area contributed by atoms with E-state index in [1.165, 1.54) is 18.3 Å². The first-order valence-electron chi connectivity index (χ1n) is 5.56. The average Bonchev–Trinajstić information content (AvgIpc) is 2.71. The van der Waals surface area contributed by atoms with Crippen LogP contribution in [0.25, 0.3) is 10.6 Å². The number of nitrogens with one attached hydrogen (secondary N) is 1. The van der Waals surface area contributed by atoms with Crippen LogP contribution in [0, 0.1) is 6.92 Å². The molecule has 2 rings (SSSR count). The molecule has 0 aliphatic heterocycles. The summed E-state index contributed by atoms with van der Waals surface area (Å²) in [4.78, 5) is 26.7. The van der Waals surface area contributed by atoms with Gasteiger partial charge in [-0.25, -0.2) is 9.78 Å². The highest BCUT2D eigenvalue weighted by molar-refractivity contribution is 7.15. The van der Waals surface area contributed by atoms with Crippen molar-refractivity contribution >= 4 is 28.9 Å². The lowest BCUT2D eigenvalue weighted by atomic mass is 10.2. The van der Waals surface area contributed by atoms with Crippen LogP contribution in [0.1, 0.15) is 22.3 Å². The monoisotopic (exact) mass is 276 g/mol. The maximum Gasteiger partial charge on any atom is 0.355 e. The van der Waals surface area contributed by atoms with Gasteiger partial charge in [-0.3, -0.25) is 4.79 Å². The predicted octanol–water partition coefficient (Wildman–Crippen LogP) is 2.78. The minimum atomic E-state index is -1.03. The van der Waals surface area contributed by atoms with E-state index in [0.717, 1.165) is 5.56 Å². The van der Waals surface area contributed by atoms with Gasteiger partial charge >= 0.3 is 5.97 Å². The van der Waals surface area contributed by atoms with Gasteiger partial charge in [0, 0.05) is 23.1 Å². The molecule has 19 heavy (non-hydrogen) atoms. The zero-order chi connectivity index (χ0) is 14.0. The summed E-state index contributed by atoms with van der Waals surface area (Å²) in [6.07, 6.45) is 0. The number of hydrogen-bond donors (Lipinski definition) is 2. The van der Waals surface area contributed by atoms with Crippen molar-refractivity contribution < 1.29 is 14.7 Å². The van der Waals surface area contributed by atoms with Gasteiger partial charge in [0.2, 0.25) is 5.91 Å². The van der Waals surface area contributed by atoms with E-state index in [1.54, 1.807) is 25.1 Å². The Kier molecular flexibility index (Phi) is 3.62. The number of rotatable bonds is 3. The second-order valence-electron chi connectivity index (χ2n) is 3.99. The molecule has 0 radical (unpaired) electrons. The number of amides is 1. The Morgan fingerprint density at radius 3 is 2.68 bits per heavy atom. The van der Waals surface area contributed by atoms with E-state index < -0.39 is 5.97 Å². The van der Waals surface area contributed by atoms with Crippen LogP contribution < -0.4 is 5.32 Å². The standard InChI is InChI=1S/C13H12N2O3S/c1-7-11(13(17)18)15-12(19-7)9-4-3-5-10(6-9)14-8(2)16/h3-6H,1-2H3,(H,14,16)(H,17,18). The van der Waals surface area contributed by atoms with Crippen molar-refractivity contribution in [2.24, 2.45) is 0 Å². The topological polar surface area (TPSA) is 79.3 Å². The molecule has 0 bridgehead atoms. The van der Waals surface area contributed by atoms with Crippen LogP contribution in [0.3, 0.4) is 0 Å². The number of aromatic carboxylic acids is 1. The number of benzene rings is 1. The van der Waals surface area contributed by atoms with Gasteiger partial charge in [-0.05, 0) is 19.1 Å². The molecule has 0 unspecified atom stereocenters. The number of carboxylic acids is 1. The van der Waals surface area contributed by atoms with E-state index in [4.69, 9.17) is 5.11 Å². The highest BCUT2D eigenvalue weighted by Crippen LogP contribution is 2.29. The summed E-state index contributed by atoms with van der Waals surface area (Å²) in [7, 11) is 0. The molecule has 0 atom stereocenters. The number of anilines is 1. The smallest absolute Gasteiger partial charge is 0.355 e. The van der Waals surface area contributed by atoms with Crippen LogP contribution in [-0.2, 0) is 4.79 Å². The first kappa shape index (κ1) is 13.2. The number of aryl methyl sites for hydroxylation is 1. The lowest BCUT2D eigenvalue weighted by Gasteiger charge is -2.03. The largest absolute Gasteiger partial charge is 0.476 e. The fraction of sp³-hybridized carbons (Fsp3) is 0.154. The third kappa shape index (κ3) is 2.97. The number of aromatic nitrogens is 1. The molecule has 1 aromatic carbocycles. The fourth-order valence-corrected chi connectivity index (χ4v) is 2.55. The average molecular weight is 276 g/mol. The summed E-state index contributed by atoms with van der Waals surface area (Å²) in [5.41, 5.74) is 1.52. The summed E-state index contributed by atoms with van der Waals surface area (Å²) in [5.74, 6) is -1.18. The van der Waals surface area contributed by atoms with E-state index >= 15 is 0 Å². The molecule has 0 aliphatic rings. The van der Waals surface area contributed by atoms with Crippen LogP contribution in [0.4, 0.5) is 5.69 Å². The first-order chi connectivity index (χ1) is 8.97. The van der Waals surface area contributed by atoms with E-state index in [0.29, 0.717) is 15.6 Å². The molecular weight excluding hydrogens is 264 g/mol. The van der Waals surface area contributed by atoms with E-state index in [9.17, 15) is 9.59 Å². The van der Waals surface area contributed by atoms with Crippen molar-refractivity contribution in [1.29, 1.82) is 0 Å². The molecule has 5 nitrogen and oxygen atoms in total. The fourth-order valence-electron chi connectivity index (χ4n) is 1.65. The predicted molar refractivity (Wildman–Crippen MR) is 73.6 cm³/mol. The summed E-state index contributed by atoms with van der Waals surface area (Å²) in [5, 5.41) is 12.3. The van der Waals surface area contributed by atoms with Gasteiger partial charge in [-0.2, -0.15) is 0 Å². The zero-order valence-electron chi connectivity index (χ0n) is 10.4. The van der Waals surface area contributed by atoms with Crippen LogP contribution in [0.2, 0.25) is 0 Å². The van der Waals surface area contributed by atoms with Crippen LogP contribution in [-0.4, -0.2) is 22.0 Å². The van der Waals surface area contributed by atoms with Gasteiger partial charge in [0.15, 0.2) is 5.69 Å². The maximum atomic E-state index is 11.0. The van der Waals surface area contributed by atoms with Gasteiger partial charge in [0.25, 0.3) is 0 Å². The molecule has 1 amide bonds. The third-order valence-corrected chi connectivity index (χ3v) is 3.45. The number of carboxylic acid groups (broad SMARTS) is 1. The number of nitrogens with zero attached hydrogens (tertiary/aromatic N) is 1. The van der Waals surface area contributed by atoms with Gasteiger partial charge in [0.05, 0.1) is 0 Å². The number of carbonyl (C=O) groups excluding carboxylic acids is 1. The van der Waals surface area contributed by atoms with Gasteiger partial charge in [-0.15, -0.1) is 11.3 Å². The Hall–Kier alpha value is -2.21. The van der Waals surface area contributed by atoms with Crippen molar-refractivity contribution in [2.75, 3.05) is 5.32 Å². The molecule has 1 heterocycles. The molecule has 0 saturated heterocycles. The molecule has 1 aromatic heterocycles. The van der Waals surface area contributed by atoms with E-state index in [-0.39, 0.29) is 11.6 Å². The van der Waals surface area contributed by atoms with Crippen LogP contribution >= 0.6 is 11.3 Å².